The first-order valence-corrected chi connectivity index (χ1v) is 9.74. The zero-order valence-electron chi connectivity index (χ0n) is 16.9. The average molecular weight is 412 g/mol. The van der Waals surface area contributed by atoms with Gasteiger partial charge in [-0.2, -0.15) is 0 Å². The van der Waals surface area contributed by atoms with E-state index in [1.807, 2.05) is 54.6 Å². The summed E-state index contributed by atoms with van der Waals surface area (Å²) in [5, 5.41) is 2.69. The molecule has 0 bridgehead atoms. The van der Waals surface area contributed by atoms with E-state index < -0.39 is 5.97 Å². The van der Waals surface area contributed by atoms with Crippen LogP contribution in [0.1, 0.15) is 23.6 Å². The molecule has 0 unspecified atom stereocenters. The van der Waals surface area contributed by atoms with Crippen molar-refractivity contribution in [1.82, 2.24) is 0 Å². The smallest absolute Gasteiger partial charge is 0.363 e. The maximum absolute atomic E-state index is 12.2. The number of cyclic esters (lactones) is 1. The Labute approximate surface area is 179 Å². The van der Waals surface area contributed by atoms with Gasteiger partial charge in [-0.3, -0.25) is 4.79 Å². The number of rotatable bonds is 6. The monoisotopic (exact) mass is 412 g/mol. The van der Waals surface area contributed by atoms with Crippen molar-refractivity contribution in [2.24, 2.45) is 4.99 Å². The number of benzene rings is 3. The van der Waals surface area contributed by atoms with Crippen LogP contribution in [-0.4, -0.2) is 17.8 Å². The van der Waals surface area contributed by atoms with Gasteiger partial charge in [0.1, 0.15) is 12.4 Å². The summed E-state index contributed by atoms with van der Waals surface area (Å²) in [6.07, 6.45) is 1.67. The Kier molecular flexibility index (Phi) is 5.89. The van der Waals surface area contributed by atoms with Gasteiger partial charge in [0.2, 0.25) is 11.8 Å². The second-order valence-electron chi connectivity index (χ2n) is 6.94. The summed E-state index contributed by atoms with van der Waals surface area (Å²) in [4.78, 5) is 27.6. The van der Waals surface area contributed by atoms with E-state index in [1.165, 1.54) is 6.92 Å². The first-order valence-electron chi connectivity index (χ1n) is 9.74. The van der Waals surface area contributed by atoms with Crippen LogP contribution in [0.4, 0.5) is 5.69 Å². The lowest BCUT2D eigenvalue weighted by atomic mass is 10.2. The van der Waals surface area contributed by atoms with Crippen molar-refractivity contribution in [2.75, 3.05) is 5.32 Å². The molecular formula is C25H20N2O4. The second kappa shape index (κ2) is 9.09. The van der Waals surface area contributed by atoms with Gasteiger partial charge in [-0.25, -0.2) is 9.79 Å². The Bertz CT molecular complexity index is 1150. The van der Waals surface area contributed by atoms with Gasteiger partial charge in [-0.15, -0.1) is 0 Å². The molecule has 1 heterocycles. The fourth-order valence-electron chi connectivity index (χ4n) is 2.99. The van der Waals surface area contributed by atoms with Gasteiger partial charge in [-0.05, 0) is 53.6 Å². The van der Waals surface area contributed by atoms with E-state index in [2.05, 4.69) is 10.3 Å². The van der Waals surface area contributed by atoms with E-state index in [0.29, 0.717) is 17.9 Å². The highest BCUT2D eigenvalue weighted by Crippen LogP contribution is 2.22. The van der Waals surface area contributed by atoms with Crippen molar-refractivity contribution in [3.05, 3.63) is 101 Å². The maximum atomic E-state index is 12.2. The van der Waals surface area contributed by atoms with E-state index in [0.717, 1.165) is 16.9 Å². The number of carbonyl (C=O) groups excluding carboxylic acids is 2. The third kappa shape index (κ3) is 5.25. The van der Waals surface area contributed by atoms with Gasteiger partial charge >= 0.3 is 5.97 Å². The minimum atomic E-state index is -0.509. The predicted octanol–water partition coefficient (Wildman–Crippen LogP) is 4.57. The number of esters is 1. The number of carbonyl (C=O) groups is 2. The molecule has 6 heteroatoms. The van der Waals surface area contributed by atoms with Crippen LogP contribution in [0.2, 0.25) is 0 Å². The van der Waals surface area contributed by atoms with Crippen LogP contribution in [0.15, 0.2) is 89.6 Å². The highest BCUT2D eigenvalue weighted by Gasteiger charge is 2.24. The number of ether oxygens (including phenoxy) is 2. The normalized spacial score (nSPS) is 14.2. The highest BCUT2D eigenvalue weighted by molar-refractivity contribution is 6.13. The van der Waals surface area contributed by atoms with Crippen LogP contribution in [0, 0.1) is 0 Å². The van der Waals surface area contributed by atoms with Crippen LogP contribution in [0.5, 0.6) is 5.75 Å². The zero-order chi connectivity index (χ0) is 21.6. The highest BCUT2D eigenvalue weighted by atomic mass is 16.6. The molecule has 0 atom stereocenters. The van der Waals surface area contributed by atoms with E-state index in [1.54, 1.807) is 30.3 Å². The molecule has 3 aromatic carbocycles. The molecule has 0 fully saturated rings. The summed E-state index contributed by atoms with van der Waals surface area (Å²) in [7, 11) is 0. The molecule has 0 saturated heterocycles. The lowest BCUT2D eigenvalue weighted by molar-refractivity contribution is -0.129. The topological polar surface area (TPSA) is 77.0 Å². The Balaban J connectivity index is 1.43. The van der Waals surface area contributed by atoms with E-state index in [4.69, 9.17) is 9.47 Å². The summed E-state index contributed by atoms with van der Waals surface area (Å²) in [6, 6.07) is 24.3. The summed E-state index contributed by atoms with van der Waals surface area (Å²) < 4.78 is 11.1. The van der Waals surface area contributed by atoms with Crippen molar-refractivity contribution in [2.45, 2.75) is 13.5 Å². The van der Waals surface area contributed by atoms with Crippen LogP contribution < -0.4 is 10.1 Å². The quantitative estimate of drug-likeness (QED) is 0.475. The average Bonchev–Trinajstić information content (AvgIpc) is 3.14. The van der Waals surface area contributed by atoms with Crippen molar-refractivity contribution < 1.29 is 19.1 Å². The molecule has 0 aromatic heterocycles. The number of aliphatic imine (C=N–C) groups is 1. The molecule has 0 radical (unpaired) electrons. The molecular weight excluding hydrogens is 392 g/mol. The number of nitrogens with zero attached hydrogens (tertiary/aromatic N) is 1. The Hall–Kier alpha value is -4.19. The Morgan fingerprint density at radius 3 is 2.39 bits per heavy atom. The summed E-state index contributed by atoms with van der Waals surface area (Å²) in [6.45, 7) is 1.93. The molecule has 154 valence electrons. The fourth-order valence-corrected chi connectivity index (χ4v) is 2.99. The number of hydrogen-bond donors (Lipinski definition) is 1. The lowest BCUT2D eigenvalue weighted by Crippen LogP contribution is -2.07. The maximum Gasteiger partial charge on any atom is 0.363 e. The van der Waals surface area contributed by atoms with Crippen LogP contribution >= 0.6 is 0 Å². The standard InChI is InChI=1S/C25H20N2O4/c1-17(28)26-21-11-9-20(10-12-21)24-27-23(25(29)31-24)15-18-7-13-22(14-8-18)30-16-19-5-3-2-4-6-19/h2-15H,16H2,1H3,(H,26,28). The molecule has 1 N–H and O–H groups in total. The molecule has 0 saturated carbocycles. The minimum Gasteiger partial charge on any atom is -0.489 e. The van der Waals surface area contributed by atoms with E-state index >= 15 is 0 Å². The molecule has 1 amide bonds. The third-order valence-electron chi connectivity index (χ3n) is 4.50. The molecule has 1 aliphatic heterocycles. The van der Waals surface area contributed by atoms with Gasteiger partial charge in [0.25, 0.3) is 0 Å². The molecule has 6 nitrogen and oxygen atoms in total. The molecule has 3 aromatic rings. The first-order chi connectivity index (χ1) is 15.1. The van der Waals surface area contributed by atoms with Crippen molar-refractivity contribution in [1.29, 1.82) is 0 Å². The van der Waals surface area contributed by atoms with Gasteiger partial charge in [0, 0.05) is 18.2 Å². The summed E-state index contributed by atoms with van der Waals surface area (Å²) in [5.74, 6) is 0.307. The number of amides is 1. The number of hydrogen-bond acceptors (Lipinski definition) is 5. The van der Waals surface area contributed by atoms with Crippen molar-refractivity contribution in [3.8, 4) is 5.75 Å². The summed E-state index contributed by atoms with van der Waals surface area (Å²) in [5.41, 5.74) is 3.43. The second-order valence-corrected chi connectivity index (χ2v) is 6.94. The number of nitrogens with one attached hydrogen (secondary N) is 1. The Morgan fingerprint density at radius 1 is 1.00 bits per heavy atom. The number of anilines is 1. The Morgan fingerprint density at radius 2 is 1.71 bits per heavy atom. The van der Waals surface area contributed by atoms with Gasteiger partial charge in [0.15, 0.2) is 5.70 Å². The van der Waals surface area contributed by atoms with Gasteiger partial charge < -0.3 is 14.8 Å². The van der Waals surface area contributed by atoms with E-state index in [-0.39, 0.29) is 17.5 Å². The minimum absolute atomic E-state index is 0.154. The third-order valence-corrected chi connectivity index (χ3v) is 4.50. The molecule has 31 heavy (non-hydrogen) atoms. The largest absolute Gasteiger partial charge is 0.489 e. The van der Waals surface area contributed by atoms with Crippen LogP contribution in [0.25, 0.3) is 6.08 Å². The molecule has 1 aliphatic rings. The predicted molar refractivity (Wildman–Crippen MR) is 119 cm³/mol. The first kappa shape index (κ1) is 20.1. The molecule has 0 aliphatic carbocycles. The fraction of sp³-hybridized carbons (Fsp3) is 0.0800. The van der Waals surface area contributed by atoms with Crippen molar-refractivity contribution in [3.63, 3.8) is 0 Å². The van der Waals surface area contributed by atoms with Gasteiger partial charge in [0.05, 0.1) is 0 Å². The molecule has 4 rings (SSSR count). The lowest BCUT2D eigenvalue weighted by Gasteiger charge is -2.06. The SMILES string of the molecule is CC(=O)Nc1ccc(C2=NC(=Cc3ccc(OCc4ccccc4)cc3)C(=O)O2)cc1. The van der Waals surface area contributed by atoms with Crippen LogP contribution in [0.3, 0.4) is 0 Å². The molecule has 0 spiro atoms. The van der Waals surface area contributed by atoms with E-state index in [9.17, 15) is 9.59 Å². The van der Waals surface area contributed by atoms with Crippen LogP contribution in [-0.2, 0) is 20.9 Å². The van der Waals surface area contributed by atoms with Gasteiger partial charge in [-0.1, -0.05) is 42.5 Å². The zero-order valence-corrected chi connectivity index (χ0v) is 16.9. The van der Waals surface area contributed by atoms with Crippen molar-refractivity contribution >= 4 is 29.5 Å². The summed E-state index contributed by atoms with van der Waals surface area (Å²) >= 11 is 0.